The second-order valence-corrected chi connectivity index (χ2v) is 6.58. The Balaban J connectivity index is 2.15. The van der Waals surface area contributed by atoms with Crippen molar-refractivity contribution in [2.75, 3.05) is 18.5 Å². The minimum atomic E-state index is 0.374. The minimum Gasteiger partial charge on any atom is -0.369 e. The normalized spacial score (nSPS) is 15.2. The third kappa shape index (κ3) is 3.92. The molecule has 0 aliphatic heterocycles. The summed E-state index contributed by atoms with van der Waals surface area (Å²) in [4.78, 5) is 11.7. The standard InChI is InChI=1S/C16H28N4/c1-11(2)8-17-9-14-15(20(5)13-6-7-13)10-18-16(19-14)12(3)4/h10-13,17H,6-9H2,1-5H3. The Labute approximate surface area is 123 Å². The highest BCUT2D eigenvalue weighted by atomic mass is 15.2. The monoisotopic (exact) mass is 276 g/mol. The summed E-state index contributed by atoms with van der Waals surface area (Å²) >= 11 is 0. The molecule has 0 saturated heterocycles. The largest absolute Gasteiger partial charge is 0.369 e. The molecule has 0 aromatic carbocycles. The number of hydrogen-bond donors (Lipinski definition) is 1. The molecule has 0 amide bonds. The van der Waals surface area contributed by atoms with Gasteiger partial charge in [0, 0.05) is 25.6 Å². The number of nitrogens with one attached hydrogen (secondary N) is 1. The lowest BCUT2D eigenvalue weighted by atomic mass is 10.2. The Morgan fingerprint density at radius 1 is 1.30 bits per heavy atom. The van der Waals surface area contributed by atoms with Crippen molar-refractivity contribution in [2.24, 2.45) is 5.92 Å². The zero-order valence-corrected chi connectivity index (χ0v) is 13.5. The highest BCUT2D eigenvalue weighted by molar-refractivity contribution is 5.50. The molecule has 0 unspecified atom stereocenters. The fourth-order valence-electron chi connectivity index (χ4n) is 2.27. The summed E-state index contributed by atoms with van der Waals surface area (Å²) in [5.74, 6) is 1.98. The maximum Gasteiger partial charge on any atom is 0.131 e. The van der Waals surface area contributed by atoms with Crippen molar-refractivity contribution < 1.29 is 0 Å². The van der Waals surface area contributed by atoms with Crippen LogP contribution >= 0.6 is 0 Å². The molecule has 1 aromatic rings. The van der Waals surface area contributed by atoms with Crippen LogP contribution in [0.4, 0.5) is 5.69 Å². The van der Waals surface area contributed by atoms with E-state index in [2.05, 4.69) is 49.9 Å². The van der Waals surface area contributed by atoms with Crippen LogP contribution in [0.15, 0.2) is 6.20 Å². The van der Waals surface area contributed by atoms with E-state index >= 15 is 0 Å². The van der Waals surface area contributed by atoms with Gasteiger partial charge in [0.1, 0.15) is 5.82 Å². The van der Waals surface area contributed by atoms with Gasteiger partial charge < -0.3 is 10.2 Å². The molecule has 4 heteroatoms. The van der Waals surface area contributed by atoms with E-state index < -0.39 is 0 Å². The van der Waals surface area contributed by atoms with Crippen molar-refractivity contribution in [3.05, 3.63) is 17.7 Å². The van der Waals surface area contributed by atoms with Crippen LogP contribution in [-0.2, 0) is 6.54 Å². The van der Waals surface area contributed by atoms with Crippen LogP contribution in [0.2, 0.25) is 0 Å². The summed E-state index contributed by atoms with van der Waals surface area (Å²) in [5.41, 5.74) is 2.33. The van der Waals surface area contributed by atoms with Gasteiger partial charge in [-0.1, -0.05) is 27.7 Å². The molecule has 2 rings (SSSR count). The third-order valence-electron chi connectivity index (χ3n) is 3.70. The van der Waals surface area contributed by atoms with Crippen LogP contribution in [0.1, 0.15) is 58.0 Å². The number of hydrogen-bond acceptors (Lipinski definition) is 4. The summed E-state index contributed by atoms with van der Waals surface area (Å²) in [6.45, 7) is 10.6. The van der Waals surface area contributed by atoms with Gasteiger partial charge >= 0.3 is 0 Å². The van der Waals surface area contributed by atoms with Gasteiger partial charge in [-0.3, -0.25) is 0 Å². The summed E-state index contributed by atoms with van der Waals surface area (Å²) in [7, 11) is 2.16. The molecule has 1 N–H and O–H groups in total. The Morgan fingerprint density at radius 3 is 2.55 bits per heavy atom. The Bertz CT molecular complexity index is 438. The topological polar surface area (TPSA) is 41.1 Å². The highest BCUT2D eigenvalue weighted by Gasteiger charge is 2.28. The predicted molar refractivity (Wildman–Crippen MR) is 84.1 cm³/mol. The van der Waals surface area contributed by atoms with Gasteiger partial charge in [0.15, 0.2) is 0 Å². The average Bonchev–Trinajstić information content (AvgIpc) is 3.21. The van der Waals surface area contributed by atoms with Crippen molar-refractivity contribution in [1.82, 2.24) is 15.3 Å². The molecule has 20 heavy (non-hydrogen) atoms. The van der Waals surface area contributed by atoms with Gasteiger partial charge in [-0.2, -0.15) is 0 Å². The van der Waals surface area contributed by atoms with Gasteiger partial charge in [-0.15, -0.1) is 0 Å². The van der Waals surface area contributed by atoms with E-state index in [1.165, 1.54) is 18.5 Å². The van der Waals surface area contributed by atoms with Crippen LogP contribution in [-0.4, -0.2) is 29.6 Å². The van der Waals surface area contributed by atoms with Crippen molar-refractivity contribution in [1.29, 1.82) is 0 Å². The lowest BCUT2D eigenvalue weighted by molar-refractivity contribution is 0.545. The van der Waals surface area contributed by atoms with Crippen molar-refractivity contribution >= 4 is 5.69 Å². The molecule has 0 bridgehead atoms. The summed E-state index contributed by atoms with van der Waals surface area (Å²) in [6, 6.07) is 0.687. The Hall–Kier alpha value is -1.16. The van der Waals surface area contributed by atoms with Crippen molar-refractivity contribution in [3.63, 3.8) is 0 Å². The number of nitrogens with zero attached hydrogens (tertiary/aromatic N) is 3. The lowest BCUT2D eigenvalue weighted by Gasteiger charge is -2.22. The van der Waals surface area contributed by atoms with E-state index in [-0.39, 0.29) is 0 Å². The maximum absolute atomic E-state index is 4.79. The lowest BCUT2D eigenvalue weighted by Crippen LogP contribution is -2.26. The second-order valence-electron chi connectivity index (χ2n) is 6.58. The molecular weight excluding hydrogens is 248 g/mol. The zero-order valence-electron chi connectivity index (χ0n) is 13.5. The van der Waals surface area contributed by atoms with Crippen LogP contribution in [0, 0.1) is 5.92 Å². The molecule has 0 atom stereocenters. The first-order chi connectivity index (χ1) is 9.49. The fourth-order valence-corrected chi connectivity index (χ4v) is 2.27. The molecule has 0 radical (unpaired) electrons. The molecule has 1 aliphatic carbocycles. The van der Waals surface area contributed by atoms with E-state index in [0.29, 0.717) is 17.9 Å². The first-order valence-electron chi connectivity index (χ1n) is 7.78. The van der Waals surface area contributed by atoms with Crippen LogP contribution < -0.4 is 10.2 Å². The molecular formula is C16H28N4. The van der Waals surface area contributed by atoms with Crippen molar-refractivity contribution in [2.45, 2.75) is 59.0 Å². The second kappa shape index (κ2) is 6.53. The van der Waals surface area contributed by atoms with Crippen LogP contribution in [0.25, 0.3) is 0 Å². The van der Waals surface area contributed by atoms with Crippen LogP contribution in [0.5, 0.6) is 0 Å². The summed E-state index contributed by atoms with van der Waals surface area (Å²) in [5, 5.41) is 3.50. The fraction of sp³-hybridized carbons (Fsp3) is 0.750. The van der Waals surface area contributed by atoms with E-state index in [9.17, 15) is 0 Å². The van der Waals surface area contributed by atoms with Gasteiger partial charge in [0.05, 0.1) is 17.6 Å². The Morgan fingerprint density at radius 2 is 2.00 bits per heavy atom. The van der Waals surface area contributed by atoms with Gasteiger partial charge in [0.2, 0.25) is 0 Å². The highest BCUT2D eigenvalue weighted by Crippen LogP contribution is 2.31. The predicted octanol–water partition coefficient (Wildman–Crippen LogP) is 2.94. The van der Waals surface area contributed by atoms with Gasteiger partial charge in [0.25, 0.3) is 0 Å². The quantitative estimate of drug-likeness (QED) is 0.831. The average molecular weight is 276 g/mol. The van der Waals surface area contributed by atoms with Crippen molar-refractivity contribution in [3.8, 4) is 0 Å². The summed E-state index contributed by atoms with van der Waals surface area (Å²) in [6.07, 6.45) is 4.59. The molecule has 1 aromatic heterocycles. The SMILES string of the molecule is CC(C)CNCc1nc(C(C)C)ncc1N(C)C1CC1. The molecule has 1 saturated carbocycles. The van der Waals surface area contributed by atoms with E-state index in [0.717, 1.165) is 24.6 Å². The smallest absolute Gasteiger partial charge is 0.131 e. The molecule has 112 valence electrons. The number of aromatic nitrogens is 2. The molecule has 1 aliphatic rings. The Kier molecular flexibility index (Phi) is 4.97. The number of anilines is 1. The molecule has 0 spiro atoms. The molecule has 1 heterocycles. The molecule has 4 nitrogen and oxygen atoms in total. The zero-order chi connectivity index (χ0) is 14.7. The van der Waals surface area contributed by atoms with Crippen LogP contribution in [0.3, 0.4) is 0 Å². The van der Waals surface area contributed by atoms with Gasteiger partial charge in [-0.05, 0) is 25.3 Å². The first-order valence-corrected chi connectivity index (χ1v) is 7.78. The number of rotatable bonds is 7. The van der Waals surface area contributed by atoms with Gasteiger partial charge in [-0.25, -0.2) is 9.97 Å². The third-order valence-corrected chi connectivity index (χ3v) is 3.70. The summed E-state index contributed by atoms with van der Waals surface area (Å²) < 4.78 is 0. The minimum absolute atomic E-state index is 0.374. The first kappa shape index (κ1) is 15.2. The van der Waals surface area contributed by atoms with E-state index in [1.807, 2.05) is 6.20 Å². The molecule has 1 fully saturated rings. The maximum atomic E-state index is 4.79. The van der Waals surface area contributed by atoms with E-state index in [1.54, 1.807) is 0 Å². The van der Waals surface area contributed by atoms with E-state index in [4.69, 9.17) is 4.98 Å².